The van der Waals surface area contributed by atoms with E-state index in [1.165, 1.54) is 19.3 Å². The Morgan fingerprint density at radius 1 is 1.47 bits per heavy atom. The third-order valence-corrected chi connectivity index (χ3v) is 3.93. The summed E-state index contributed by atoms with van der Waals surface area (Å²) in [5, 5.41) is 0. The highest BCUT2D eigenvalue weighted by molar-refractivity contribution is 9.10. The molecule has 1 saturated carbocycles. The van der Waals surface area contributed by atoms with E-state index in [4.69, 9.17) is 22.7 Å². The molecule has 0 amide bonds. The van der Waals surface area contributed by atoms with Gasteiger partial charge in [0.15, 0.2) is 0 Å². The molecule has 0 bridgehead atoms. The third kappa shape index (κ3) is 3.42. The first-order valence-corrected chi connectivity index (χ1v) is 7.09. The molecule has 92 valence electrons. The first-order chi connectivity index (χ1) is 8.16. The normalized spacial score (nSPS) is 15.4. The van der Waals surface area contributed by atoms with Crippen molar-refractivity contribution >= 4 is 33.1 Å². The molecule has 0 aliphatic heterocycles. The molecule has 0 unspecified atom stereocenters. The topological polar surface area (TPSA) is 35.2 Å². The Kier molecular flexibility index (Phi) is 4.40. The Hall–Kier alpha value is -0.610. The predicted molar refractivity (Wildman–Crippen MR) is 77.5 cm³/mol. The van der Waals surface area contributed by atoms with Crippen LogP contribution in [0.2, 0.25) is 0 Å². The van der Waals surface area contributed by atoms with Crippen molar-refractivity contribution in [2.45, 2.75) is 25.7 Å². The van der Waals surface area contributed by atoms with Gasteiger partial charge in [-0.1, -0.05) is 47.4 Å². The van der Waals surface area contributed by atoms with Crippen LogP contribution in [0.1, 0.15) is 31.2 Å². The zero-order chi connectivity index (χ0) is 12.3. The average molecular weight is 314 g/mol. The van der Waals surface area contributed by atoms with Crippen molar-refractivity contribution in [3.05, 3.63) is 28.2 Å². The van der Waals surface area contributed by atoms with Crippen molar-refractivity contribution in [1.29, 1.82) is 0 Å². The molecule has 1 fully saturated rings. The standard InChI is InChI=1S/C13H16BrNOS/c14-10-4-5-12(11(8-10)13(15)17)16-7-6-9-2-1-3-9/h4-5,8-9H,1-3,6-7H2,(H2,15,17). The molecule has 4 heteroatoms. The maximum atomic E-state index is 5.77. The average Bonchev–Trinajstić information content (AvgIpc) is 2.23. The fraction of sp³-hybridized carbons (Fsp3) is 0.462. The van der Waals surface area contributed by atoms with Gasteiger partial charge in [-0.25, -0.2) is 0 Å². The minimum Gasteiger partial charge on any atom is -0.493 e. The van der Waals surface area contributed by atoms with Gasteiger partial charge in [0.1, 0.15) is 10.7 Å². The van der Waals surface area contributed by atoms with E-state index in [0.29, 0.717) is 4.99 Å². The van der Waals surface area contributed by atoms with Crippen LogP contribution in [0.25, 0.3) is 0 Å². The summed E-state index contributed by atoms with van der Waals surface area (Å²) in [4.78, 5) is 0.380. The summed E-state index contributed by atoms with van der Waals surface area (Å²) in [6, 6.07) is 5.76. The molecular formula is C13H16BrNOS. The van der Waals surface area contributed by atoms with Gasteiger partial charge in [-0.2, -0.15) is 0 Å². The monoisotopic (exact) mass is 313 g/mol. The van der Waals surface area contributed by atoms with E-state index in [1.54, 1.807) is 0 Å². The summed E-state index contributed by atoms with van der Waals surface area (Å²) < 4.78 is 6.74. The van der Waals surface area contributed by atoms with Gasteiger partial charge < -0.3 is 10.5 Å². The Bertz CT molecular complexity index is 418. The molecule has 0 aromatic heterocycles. The van der Waals surface area contributed by atoms with Crippen molar-refractivity contribution in [3.8, 4) is 5.75 Å². The fourth-order valence-electron chi connectivity index (χ4n) is 1.94. The number of hydrogen-bond acceptors (Lipinski definition) is 2. The molecule has 1 aromatic rings. The van der Waals surface area contributed by atoms with Crippen LogP contribution >= 0.6 is 28.1 Å². The second-order valence-corrected chi connectivity index (χ2v) is 5.79. The number of halogens is 1. The molecule has 17 heavy (non-hydrogen) atoms. The van der Waals surface area contributed by atoms with Crippen LogP contribution in [0.4, 0.5) is 0 Å². The van der Waals surface area contributed by atoms with E-state index in [0.717, 1.165) is 34.7 Å². The van der Waals surface area contributed by atoms with Crippen molar-refractivity contribution < 1.29 is 4.74 Å². The van der Waals surface area contributed by atoms with Gasteiger partial charge in [0, 0.05) is 4.47 Å². The summed E-state index contributed by atoms with van der Waals surface area (Å²) in [6.45, 7) is 0.752. The third-order valence-electron chi connectivity index (χ3n) is 3.22. The van der Waals surface area contributed by atoms with E-state index in [9.17, 15) is 0 Å². The van der Waals surface area contributed by atoms with Crippen LogP contribution in [0.3, 0.4) is 0 Å². The smallest absolute Gasteiger partial charge is 0.129 e. The number of nitrogens with two attached hydrogens (primary N) is 1. The minimum atomic E-state index is 0.380. The fourth-order valence-corrected chi connectivity index (χ4v) is 2.46. The number of ether oxygens (including phenoxy) is 1. The lowest BCUT2D eigenvalue weighted by molar-refractivity contribution is 0.222. The van der Waals surface area contributed by atoms with Crippen molar-refractivity contribution in [1.82, 2.24) is 0 Å². The summed E-state index contributed by atoms with van der Waals surface area (Å²) in [6.07, 6.45) is 5.21. The zero-order valence-corrected chi connectivity index (χ0v) is 12.0. The van der Waals surface area contributed by atoms with Gasteiger partial charge in [0.05, 0.1) is 12.2 Å². The van der Waals surface area contributed by atoms with E-state index in [2.05, 4.69) is 15.9 Å². The summed E-state index contributed by atoms with van der Waals surface area (Å²) in [7, 11) is 0. The molecule has 2 nitrogen and oxygen atoms in total. The second kappa shape index (κ2) is 5.83. The van der Waals surface area contributed by atoms with Crippen LogP contribution < -0.4 is 10.5 Å². The van der Waals surface area contributed by atoms with E-state index in [-0.39, 0.29) is 0 Å². The summed E-state index contributed by atoms with van der Waals surface area (Å²) in [5.74, 6) is 1.65. The molecule has 2 N–H and O–H groups in total. The quantitative estimate of drug-likeness (QED) is 0.843. The molecule has 2 rings (SSSR count). The Morgan fingerprint density at radius 3 is 2.82 bits per heavy atom. The van der Waals surface area contributed by atoms with E-state index in [1.807, 2.05) is 18.2 Å². The molecule has 0 radical (unpaired) electrons. The van der Waals surface area contributed by atoms with Gasteiger partial charge >= 0.3 is 0 Å². The summed E-state index contributed by atoms with van der Waals surface area (Å²) >= 11 is 8.43. The van der Waals surface area contributed by atoms with Crippen LogP contribution in [-0.2, 0) is 0 Å². The lowest BCUT2D eigenvalue weighted by Gasteiger charge is -2.25. The first-order valence-electron chi connectivity index (χ1n) is 5.89. The van der Waals surface area contributed by atoms with Crippen LogP contribution in [-0.4, -0.2) is 11.6 Å². The molecule has 1 aliphatic rings. The van der Waals surface area contributed by atoms with Crippen molar-refractivity contribution in [3.63, 3.8) is 0 Å². The zero-order valence-electron chi connectivity index (χ0n) is 9.62. The minimum absolute atomic E-state index is 0.380. The Balaban J connectivity index is 1.96. The number of rotatable bonds is 5. The second-order valence-electron chi connectivity index (χ2n) is 4.44. The van der Waals surface area contributed by atoms with Crippen LogP contribution in [0, 0.1) is 5.92 Å². The van der Waals surface area contributed by atoms with Crippen LogP contribution in [0.5, 0.6) is 5.75 Å². The highest BCUT2D eigenvalue weighted by atomic mass is 79.9. The lowest BCUT2D eigenvalue weighted by Crippen LogP contribution is -2.16. The maximum absolute atomic E-state index is 5.77. The van der Waals surface area contributed by atoms with Gasteiger partial charge in [0.2, 0.25) is 0 Å². The molecule has 0 spiro atoms. The molecule has 0 saturated heterocycles. The lowest BCUT2D eigenvalue weighted by atomic mass is 9.83. The van der Waals surface area contributed by atoms with E-state index >= 15 is 0 Å². The molecule has 0 atom stereocenters. The largest absolute Gasteiger partial charge is 0.493 e. The van der Waals surface area contributed by atoms with Gasteiger partial charge in [0.25, 0.3) is 0 Å². The predicted octanol–water partition coefficient (Wildman–Crippen LogP) is 3.65. The highest BCUT2D eigenvalue weighted by Gasteiger charge is 2.17. The van der Waals surface area contributed by atoms with Gasteiger partial charge in [-0.3, -0.25) is 0 Å². The highest BCUT2D eigenvalue weighted by Crippen LogP contribution is 2.30. The molecule has 1 aliphatic carbocycles. The Morgan fingerprint density at radius 2 is 2.24 bits per heavy atom. The number of thiocarbonyl (C=S) groups is 1. The summed E-state index contributed by atoms with van der Waals surface area (Å²) in [5.41, 5.74) is 6.49. The van der Waals surface area contributed by atoms with Crippen molar-refractivity contribution in [2.75, 3.05) is 6.61 Å². The van der Waals surface area contributed by atoms with Crippen molar-refractivity contribution in [2.24, 2.45) is 11.7 Å². The van der Waals surface area contributed by atoms with E-state index < -0.39 is 0 Å². The molecule has 0 heterocycles. The SMILES string of the molecule is NC(=S)c1cc(Br)ccc1OCCC1CCC1. The van der Waals surface area contributed by atoms with Crippen LogP contribution in [0.15, 0.2) is 22.7 Å². The molecular weight excluding hydrogens is 298 g/mol. The van der Waals surface area contributed by atoms with Gasteiger partial charge in [-0.05, 0) is 30.5 Å². The number of hydrogen-bond donors (Lipinski definition) is 1. The van der Waals surface area contributed by atoms with Gasteiger partial charge in [-0.15, -0.1) is 0 Å². The first kappa shape index (κ1) is 12.8. The molecule has 1 aromatic carbocycles. The number of benzene rings is 1. The Labute approximate surface area is 116 Å². The maximum Gasteiger partial charge on any atom is 0.129 e.